The Morgan fingerprint density at radius 3 is 2.67 bits per heavy atom. The number of aliphatic hydroxyl groups is 1. The SMILES string of the molecule is C=C1CC(C)CCC1O. The summed E-state index contributed by atoms with van der Waals surface area (Å²) in [5.41, 5.74) is 1.02. The van der Waals surface area contributed by atoms with Crippen LogP contribution in [0.25, 0.3) is 0 Å². The van der Waals surface area contributed by atoms with E-state index in [0.717, 1.165) is 30.8 Å². The molecule has 52 valence electrons. The fourth-order valence-electron chi connectivity index (χ4n) is 1.33. The average Bonchev–Trinajstić information content (AvgIpc) is 1.80. The van der Waals surface area contributed by atoms with Crippen LogP contribution in [-0.4, -0.2) is 11.2 Å². The van der Waals surface area contributed by atoms with Crippen LogP contribution >= 0.6 is 0 Å². The summed E-state index contributed by atoms with van der Waals surface area (Å²) >= 11 is 0. The topological polar surface area (TPSA) is 20.2 Å². The van der Waals surface area contributed by atoms with Crippen LogP contribution in [0, 0.1) is 5.92 Å². The first kappa shape index (κ1) is 6.81. The van der Waals surface area contributed by atoms with Crippen molar-refractivity contribution in [2.45, 2.75) is 32.3 Å². The molecule has 2 atom stereocenters. The van der Waals surface area contributed by atoms with E-state index in [1.807, 2.05) is 0 Å². The van der Waals surface area contributed by atoms with Crippen LogP contribution in [0.2, 0.25) is 0 Å². The second kappa shape index (κ2) is 2.53. The molecule has 0 spiro atoms. The van der Waals surface area contributed by atoms with Gasteiger partial charge in [-0.2, -0.15) is 0 Å². The standard InChI is InChI=1S/C8H14O/c1-6-3-4-8(9)7(2)5-6/h6,8-9H,2-5H2,1H3. The van der Waals surface area contributed by atoms with Crippen molar-refractivity contribution in [2.75, 3.05) is 0 Å². The first-order chi connectivity index (χ1) is 4.20. The van der Waals surface area contributed by atoms with Gasteiger partial charge in [0.25, 0.3) is 0 Å². The summed E-state index contributed by atoms with van der Waals surface area (Å²) in [6.07, 6.45) is 2.88. The highest BCUT2D eigenvalue weighted by Crippen LogP contribution is 2.26. The molecular formula is C8H14O. The molecule has 0 aromatic carbocycles. The van der Waals surface area contributed by atoms with Gasteiger partial charge in [0.15, 0.2) is 0 Å². The van der Waals surface area contributed by atoms with E-state index in [9.17, 15) is 5.11 Å². The van der Waals surface area contributed by atoms with Crippen molar-refractivity contribution in [2.24, 2.45) is 5.92 Å². The van der Waals surface area contributed by atoms with Crippen molar-refractivity contribution >= 4 is 0 Å². The summed E-state index contributed by atoms with van der Waals surface area (Å²) in [5, 5.41) is 9.20. The Morgan fingerprint density at radius 2 is 2.22 bits per heavy atom. The molecule has 0 radical (unpaired) electrons. The molecule has 1 N–H and O–H groups in total. The van der Waals surface area contributed by atoms with Gasteiger partial charge in [-0.05, 0) is 30.8 Å². The van der Waals surface area contributed by atoms with Gasteiger partial charge in [-0.1, -0.05) is 13.5 Å². The third-order valence-corrected chi connectivity index (χ3v) is 2.01. The highest BCUT2D eigenvalue weighted by molar-refractivity contribution is 5.05. The molecule has 0 amide bonds. The highest BCUT2D eigenvalue weighted by Gasteiger charge is 2.18. The van der Waals surface area contributed by atoms with Gasteiger partial charge >= 0.3 is 0 Å². The molecule has 9 heavy (non-hydrogen) atoms. The van der Waals surface area contributed by atoms with E-state index in [4.69, 9.17) is 0 Å². The fraction of sp³-hybridized carbons (Fsp3) is 0.750. The van der Waals surface area contributed by atoms with Crippen molar-refractivity contribution in [1.29, 1.82) is 0 Å². The monoisotopic (exact) mass is 126 g/mol. The summed E-state index contributed by atoms with van der Waals surface area (Å²) in [6, 6.07) is 0. The zero-order valence-corrected chi connectivity index (χ0v) is 5.93. The van der Waals surface area contributed by atoms with E-state index in [0.29, 0.717) is 0 Å². The molecule has 0 aromatic heterocycles. The Balaban J connectivity index is 2.44. The Morgan fingerprint density at radius 1 is 1.56 bits per heavy atom. The summed E-state index contributed by atoms with van der Waals surface area (Å²) < 4.78 is 0. The highest BCUT2D eigenvalue weighted by atomic mass is 16.3. The molecule has 0 bridgehead atoms. The lowest BCUT2D eigenvalue weighted by atomic mass is 9.86. The largest absolute Gasteiger partial charge is 0.389 e. The van der Waals surface area contributed by atoms with Crippen molar-refractivity contribution < 1.29 is 5.11 Å². The molecule has 1 saturated carbocycles. The molecule has 0 aromatic rings. The lowest BCUT2D eigenvalue weighted by molar-refractivity contribution is 0.164. The van der Waals surface area contributed by atoms with E-state index in [1.54, 1.807) is 0 Å². The third-order valence-electron chi connectivity index (χ3n) is 2.01. The number of hydrogen-bond acceptors (Lipinski definition) is 1. The van der Waals surface area contributed by atoms with Crippen molar-refractivity contribution in [3.05, 3.63) is 12.2 Å². The van der Waals surface area contributed by atoms with Crippen LogP contribution in [0.15, 0.2) is 12.2 Å². The van der Waals surface area contributed by atoms with Gasteiger partial charge in [-0.3, -0.25) is 0 Å². The van der Waals surface area contributed by atoms with Gasteiger partial charge in [-0.25, -0.2) is 0 Å². The number of rotatable bonds is 0. The van der Waals surface area contributed by atoms with Crippen LogP contribution in [0.3, 0.4) is 0 Å². The number of aliphatic hydroxyl groups excluding tert-OH is 1. The zero-order chi connectivity index (χ0) is 6.85. The van der Waals surface area contributed by atoms with E-state index in [1.165, 1.54) is 0 Å². The molecule has 1 aliphatic rings. The van der Waals surface area contributed by atoms with Gasteiger partial charge < -0.3 is 5.11 Å². The van der Waals surface area contributed by atoms with Crippen LogP contribution in [0.5, 0.6) is 0 Å². The molecule has 0 saturated heterocycles. The second-order valence-corrected chi connectivity index (χ2v) is 3.06. The minimum Gasteiger partial charge on any atom is -0.389 e. The van der Waals surface area contributed by atoms with Gasteiger partial charge in [0, 0.05) is 0 Å². The van der Waals surface area contributed by atoms with Crippen molar-refractivity contribution in [3.63, 3.8) is 0 Å². The van der Waals surface area contributed by atoms with Crippen molar-refractivity contribution in [1.82, 2.24) is 0 Å². The molecular weight excluding hydrogens is 112 g/mol. The average molecular weight is 126 g/mol. The van der Waals surface area contributed by atoms with Crippen LogP contribution in [-0.2, 0) is 0 Å². The minimum absolute atomic E-state index is 0.207. The van der Waals surface area contributed by atoms with Crippen LogP contribution in [0.1, 0.15) is 26.2 Å². The summed E-state index contributed by atoms with van der Waals surface area (Å²) in [4.78, 5) is 0. The van der Waals surface area contributed by atoms with E-state index >= 15 is 0 Å². The zero-order valence-electron chi connectivity index (χ0n) is 5.93. The molecule has 1 nitrogen and oxygen atoms in total. The van der Waals surface area contributed by atoms with Gasteiger partial charge in [0.1, 0.15) is 0 Å². The Hall–Kier alpha value is -0.300. The summed E-state index contributed by atoms with van der Waals surface area (Å²) in [5.74, 6) is 0.737. The Kier molecular flexibility index (Phi) is 1.91. The molecule has 0 heterocycles. The second-order valence-electron chi connectivity index (χ2n) is 3.06. The van der Waals surface area contributed by atoms with E-state index in [-0.39, 0.29) is 6.10 Å². The van der Waals surface area contributed by atoms with E-state index < -0.39 is 0 Å². The van der Waals surface area contributed by atoms with Gasteiger partial charge in [-0.15, -0.1) is 0 Å². The maximum atomic E-state index is 9.20. The molecule has 1 fully saturated rings. The predicted octanol–water partition coefficient (Wildman–Crippen LogP) is 1.72. The molecule has 2 unspecified atom stereocenters. The maximum Gasteiger partial charge on any atom is 0.0747 e. The molecule has 1 rings (SSSR count). The molecule has 0 aliphatic heterocycles. The maximum absolute atomic E-state index is 9.20. The van der Waals surface area contributed by atoms with Crippen molar-refractivity contribution in [3.8, 4) is 0 Å². The summed E-state index contributed by atoms with van der Waals surface area (Å²) in [6.45, 7) is 6.00. The van der Waals surface area contributed by atoms with Gasteiger partial charge in [0.2, 0.25) is 0 Å². The van der Waals surface area contributed by atoms with Crippen LogP contribution in [0.4, 0.5) is 0 Å². The smallest absolute Gasteiger partial charge is 0.0747 e. The Labute approximate surface area is 56.4 Å². The van der Waals surface area contributed by atoms with Crippen LogP contribution < -0.4 is 0 Å². The lowest BCUT2D eigenvalue weighted by Gasteiger charge is -2.24. The summed E-state index contributed by atoms with van der Waals surface area (Å²) in [7, 11) is 0. The number of hydrogen-bond donors (Lipinski definition) is 1. The quantitative estimate of drug-likeness (QED) is 0.490. The molecule has 1 heteroatoms. The first-order valence-electron chi connectivity index (χ1n) is 3.56. The van der Waals surface area contributed by atoms with Gasteiger partial charge in [0.05, 0.1) is 6.10 Å². The normalized spacial score (nSPS) is 36.9. The fourth-order valence-corrected chi connectivity index (χ4v) is 1.33. The molecule has 1 aliphatic carbocycles. The first-order valence-corrected chi connectivity index (χ1v) is 3.56. The minimum atomic E-state index is -0.207. The van der Waals surface area contributed by atoms with E-state index in [2.05, 4.69) is 13.5 Å². The lowest BCUT2D eigenvalue weighted by Crippen LogP contribution is -2.18. The Bertz CT molecular complexity index is 118. The predicted molar refractivity (Wildman–Crippen MR) is 38.2 cm³/mol. The third kappa shape index (κ3) is 1.55.